The van der Waals surface area contributed by atoms with E-state index < -0.39 is 0 Å². The number of imidazole rings is 1. The molecule has 1 heterocycles. The summed E-state index contributed by atoms with van der Waals surface area (Å²) in [5.74, 6) is 0. The Labute approximate surface area is 124 Å². The first-order valence-electron chi connectivity index (χ1n) is 6.37. The maximum atomic E-state index is 8.87. The van der Waals surface area contributed by atoms with E-state index in [0.717, 1.165) is 11.4 Å². The van der Waals surface area contributed by atoms with E-state index in [0.29, 0.717) is 17.1 Å². The van der Waals surface area contributed by atoms with Gasteiger partial charge in [-0.2, -0.15) is 5.26 Å². The summed E-state index contributed by atoms with van der Waals surface area (Å²) in [5.41, 5.74) is 2.43. The zero-order chi connectivity index (χ0) is 14.8. The molecule has 5 heteroatoms. The molecule has 20 heavy (non-hydrogen) atoms. The summed E-state index contributed by atoms with van der Waals surface area (Å²) in [6.45, 7) is 7.03. The van der Waals surface area contributed by atoms with Crippen LogP contribution in [0, 0.1) is 11.3 Å². The molecule has 0 fully saturated rings. The number of rotatable bonds is 3. The highest BCUT2D eigenvalue weighted by Crippen LogP contribution is 2.23. The van der Waals surface area contributed by atoms with Crippen LogP contribution in [0.15, 0.2) is 30.7 Å². The maximum Gasteiger partial charge on any atom is 0.0995 e. The minimum absolute atomic E-state index is 0.0313. The second kappa shape index (κ2) is 5.66. The molecule has 0 atom stereocenters. The average Bonchev–Trinajstić information content (AvgIpc) is 2.83. The Morgan fingerprint density at radius 1 is 1.40 bits per heavy atom. The Morgan fingerprint density at radius 2 is 2.15 bits per heavy atom. The molecule has 0 aliphatic rings. The fraction of sp³-hybridized carbons (Fsp3) is 0.333. The van der Waals surface area contributed by atoms with Crippen LogP contribution in [-0.4, -0.2) is 15.1 Å². The molecule has 0 aliphatic carbocycles. The van der Waals surface area contributed by atoms with E-state index in [4.69, 9.17) is 16.9 Å². The highest BCUT2D eigenvalue weighted by molar-refractivity contribution is 6.32. The molecule has 104 valence electrons. The van der Waals surface area contributed by atoms with E-state index in [9.17, 15) is 0 Å². The lowest BCUT2D eigenvalue weighted by Crippen LogP contribution is -2.35. The molecule has 0 saturated carbocycles. The molecule has 0 radical (unpaired) electrons. The van der Waals surface area contributed by atoms with Crippen LogP contribution < -0.4 is 5.32 Å². The highest BCUT2D eigenvalue weighted by Gasteiger charge is 2.12. The van der Waals surface area contributed by atoms with Crippen molar-refractivity contribution in [2.24, 2.45) is 0 Å². The van der Waals surface area contributed by atoms with Crippen LogP contribution in [-0.2, 0) is 6.54 Å². The molecule has 1 aromatic heterocycles. The van der Waals surface area contributed by atoms with Gasteiger partial charge in [0.2, 0.25) is 0 Å². The van der Waals surface area contributed by atoms with Gasteiger partial charge in [0.1, 0.15) is 0 Å². The first-order valence-corrected chi connectivity index (χ1v) is 6.75. The van der Waals surface area contributed by atoms with Crippen molar-refractivity contribution < 1.29 is 0 Å². The molecule has 2 aromatic rings. The van der Waals surface area contributed by atoms with Crippen molar-refractivity contribution in [1.82, 2.24) is 14.9 Å². The summed E-state index contributed by atoms with van der Waals surface area (Å²) in [5, 5.41) is 12.8. The molecule has 1 N–H and O–H groups in total. The Balaban J connectivity index is 2.31. The third-order valence-electron chi connectivity index (χ3n) is 2.85. The molecule has 0 bridgehead atoms. The van der Waals surface area contributed by atoms with Crippen LogP contribution in [0.1, 0.15) is 32.0 Å². The molecule has 0 unspecified atom stereocenters. The minimum atomic E-state index is 0.0313. The lowest BCUT2D eigenvalue weighted by atomic mass is 10.1. The van der Waals surface area contributed by atoms with E-state index in [1.807, 2.05) is 16.8 Å². The van der Waals surface area contributed by atoms with E-state index in [1.54, 1.807) is 18.5 Å². The second-order valence-corrected chi connectivity index (χ2v) is 6.04. The van der Waals surface area contributed by atoms with Crippen LogP contribution in [0.5, 0.6) is 0 Å². The molecule has 4 nitrogen and oxygen atoms in total. The first-order chi connectivity index (χ1) is 9.40. The van der Waals surface area contributed by atoms with Gasteiger partial charge < -0.3 is 9.88 Å². The number of nitrogens with zero attached hydrogens (tertiary/aromatic N) is 3. The van der Waals surface area contributed by atoms with Gasteiger partial charge in [-0.3, -0.25) is 0 Å². The van der Waals surface area contributed by atoms with E-state index in [2.05, 4.69) is 37.1 Å². The quantitative estimate of drug-likeness (QED) is 0.943. The first kappa shape index (κ1) is 14.6. The van der Waals surface area contributed by atoms with E-state index in [1.165, 1.54) is 0 Å². The lowest BCUT2D eigenvalue weighted by Gasteiger charge is -2.21. The number of nitrogens with one attached hydrogen (secondary N) is 1. The molecular formula is C15H17ClN4. The van der Waals surface area contributed by atoms with E-state index in [-0.39, 0.29) is 5.54 Å². The number of benzene rings is 1. The van der Waals surface area contributed by atoms with Crippen LogP contribution in [0.4, 0.5) is 0 Å². The molecular weight excluding hydrogens is 272 g/mol. The predicted octanol–water partition coefficient (Wildman–Crippen LogP) is 3.29. The summed E-state index contributed by atoms with van der Waals surface area (Å²) in [6.07, 6.45) is 3.54. The van der Waals surface area contributed by atoms with E-state index >= 15 is 0 Å². The predicted molar refractivity (Wildman–Crippen MR) is 79.9 cm³/mol. The lowest BCUT2D eigenvalue weighted by molar-refractivity contribution is 0.419. The summed E-state index contributed by atoms with van der Waals surface area (Å²) < 4.78 is 1.93. The van der Waals surface area contributed by atoms with Crippen LogP contribution >= 0.6 is 11.6 Å². The van der Waals surface area contributed by atoms with Gasteiger partial charge in [0.25, 0.3) is 0 Å². The van der Waals surface area contributed by atoms with Gasteiger partial charge in [-0.1, -0.05) is 11.6 Å². The molecule has 0 amide bonds. The number of halogens is 1. The van der Waals surface area contributed by atoms with Crippen molar-refractivity contribution in [3.63, 3.8) is 0 Å². The monoisotopic (exact) mass is 288 g/mol. The fourth-order valence-corrected chi connectivity index (χ4v) is 2.07. The van der Waals surface area contributed by atoms with Crippen molar-refractivity contribution >= 4 is 11.6 Å². The SMILES string of the molecule is CC(C)(C)NCc1cncn1-c1ccc(C#N)cc1Cl. The van der Waals surface area contributed by atoms with Crippen molar-refractivity contribution in [3.05, 3.63) is 47.0 Å². The van der Waals surface area contributed by atoms with Gasteiger partial charge in [0, 0.05) is 18.3 Å². The van der Waals surface area contributed by atoms with Gasteiger partial charge in [-0.15, -0.1) is 0 Å². The molecule has 0 spiro atoms. The standard InChI is InChI=1S/C15H17ClN4/c1-15(2,3)19-9-12-8-18-10-20(12)14-5-4-11(7-17)6-13(14)16/h4-6,8,10,19H,9H2,1-3H3. The Morgan fingerprint density at radius 3 is 2.75 bits per heavy atom. The molecule has 1 aromatic carbocycles. The van der Waals surface area contributed by atoms with Crippen molar-refractivity contribution in [2.75, 3.05) is 0 Å². The Kier molecular flexibility index (Phi) is 4.12. The fourth-order valence-electron chi connectivity index (χ4n) is 1.80. The van der Waals surface area contributed by atoms with Crippen LogP contribution in [0.3, 0.4) is 0 Å². The van der Waals surface area contributed by atoms with Crippen molar-refractivity contribution in [3.8, 4) is 11.8 Å². The largest absolute Gasteiger partial charge is 0.306 e. The smallest absolute Gasteiger partial charge is 0.0995 e. The molecule has 2 rings (SSSR count). The summed E-state index contributed by atoms with van der Waals surface area (Å²) in [7, 11) is 0. The van der Waals surface area contributed by atoms with Gasteiger partial charge in [-0.05, 0) is 39.0 Å². The summed E-state index contributed by atoms with van der Waals surface area (Å²) in [4.78, 5) is 4.18. The summed E-state index contributed by atoms with van der Waals surface area (Å²) in [6, 6.07) is 7.33. The number of aromatic nitrogens is 2. The van der Waals surface area contributed by atoms with Gasteiger partial charge in [0.05, 0.1) is 34.4 Å². The molecule has 0 aliphatic heterocycles. The topological polar surface area (TPSA) is 53.6 Å². The zero-order valence-electron chi connectivity index (χ0n) is 11.8. The number of hydrogen-bond acceptors (Lipinski definition) is 3. The summed E-state index contributed by atoms with van der Waals surface area (Å²) >= 11 is 6.24. The number of nitriles is 1. The zero-order valence-corrected chi connectivity index (χ0v) is 12.6. The minimum Gasteiger partial charge on any atom is -0.306 e. The number of hydrogen-bond donors (Lipinski definition) is 1. The molecule has 0 saturated heterocycles. The van der Waals surface area contributed by atoms with Gasteiger partial charge in [-0.25, -0.2) is 4.98 Å². The van der Waals surface area contributed by atoms with Crippen molar-refractivity contribution in [2.45, 2.75) is 32.9 Å². The van der Waals surface area contributed by atoms with Crippen LogP contribution in [0.2, 0.25) is 5.02 Å². The second-order valence-electron chi connectivity index (χ2n) is 5.64. The third-order valence-corrected chi connectivity index (χ3v) is 3.15. The normalized spacial score (nSPS) is 11.3. The van der Waals surface area contributed by atoms with Crippen molar-refractivity contribution in [1.29, 1.82) is 5.26 Å². The van der Waals surface area contributed by atoms with Gasteiger partial charge >= 0.3 is 0 Å². The highest BCUT2D eigenvalue weighted by atomic mass is 35.5. The average molecular weight is 289 g/mol. The van der Waals surface area contributed by atoms with Gasteiger partial charge in [0.15, 0.2) is 0 Å². The Bertz CT molecular complexity index is 647. The maximum absolute atomic E-state index is 8.87. The van der Waals surface area contributed by atoms with Crippen LogP contribution in [0.25, 0.3) is 5.69 Å². The Hall–Kier alpha value is -1.83. The third kappa shape index (κ3) is 3.38.